The number of aromatic nitrogens is 2. The highest BCUT2D eigenvalue weighted by Crippen LogP contribution is 2.36. The van der Waals surface area contributed by atoms with Gasteiger partial charge < -0.3 is 14.2 Å². The molecule has 0 N–H and O–H groups in total. The lowest BCUT2D eigenvalue weighted by atomic mass is 9.96. The molecule has 8 heteroatoms. The molecule has 1 aromatic heterocycles. The summed E-state index contributed by atoms with van der Waals surface area (Å²) in [4.78, 5) is 18.7. The number of halogens is 1. The summed E-state index contributed by atoms with van der Waals surface area (Å²) in [6.07, 6.45) is 1.67. The van der Waals surface area contributed by atoms with Crippen LogP contribution in [0.1, 0.15) is 64.2 Å². The van der Waals surface area contributed by atoms with Crippen LogP contribution in [0.2, 0.25) is 0 Å². The Balaban J connectivity index is 1.92. The van der Waals surface area contributed by atoms with E-state index in [9.17, 15) is 4.79 Å². The Morgan fingerprint density at radius 3 is 2.38 bits per heavy atom. The van der Waals surface area contributed by atoms with Crippen LogP contribution in [0.25, 0.3) is 22.3 Å². The summed E-state index contributed by atoms with van der Waals surface area (Å²) < 4.78 is 20.1. The van der Waals surface area contributed by atoms with E-state index < -0.39 is 0 Å². The van der Waals surface area contributed by atoms with Gasteiger partial charge in [0.2, 0.25) is 0 Å². The van der Waals surface area contributed by atoms with E-state index in [1.54, 1.807) is 12.3 Å². The largest absolute Gasteiger partial charge is 0.494 e. The quantitative estimate of drug-likeness (QED) is 0.130. The van der Waals surface area contributed by atoms with Gasteiger partial charge in [-0.2, -0.15) is 9.78 Å². The van der Waals surface area contributed by atoms with E-state index in [4.69, 9.17) is 24.3 Å². The lowest BCUT2D eigenvalue weighted by Gasteiger charge is -2.18. The molecule has 0 atom stereocenters. The average molecular weight is 654 g/mol. The number of ether oxygens (including phenoxy) is 3. The first-order chi connectivity index (χ1) is 19.1. The van der Waals surface area contributed by atoms with Crippen LogP contribution in [0.5, 0.6) is 17.2 Å². The van der Waals surface area contributed by atoms with Crippen molar-refractivity contribution >= 4 is 39.7 Å². The summed E-state index contributed by atoms with van der Waals surface area (Å²) in [6.45, 7) is 15.2. The van der Waals surface area contributed by atoms with E-state index in [2.05, 4.69) is 42.5 Å². The Kier molecular flexibility index (Phi) is 9.50. The van der Waals surface area contributed by atoms with Gasteiger partial charge in [-0.3, -0.25) is 4.79 Å². The highest BCUT2D eigenvalue weighted by molar-refractivity contribution is 14.1. The summed E-state index contributed by atoms with van der Waals surface area (Å²) >= 11 is 2.24. The number of benzene rings is 3. The van der Waals surface area contributed by atoms with E-state index in [1.165, 1.54) is 4.68 Å². The third-order valence-electron chi connectivity index (χ3n) is 6.28. The smallest absolute Gasteiger partial charge is 0.282 e. The van der Waals surface area contributed by atoms with Crippen LogP contribution >= 0.6 is 22.6 Å². The van der Waals surface area contributed by atoms with Gasteiger partial charge in [-0.05, 0) is 116 Å². The molecule has 0 aliphatic heterocycles. The molecule has 0 saturated carbocycles. The normalized spacial score (nSPS) is 11.7. The molecule has 0 aliphatic carbocycles. The zero-order chi connectivity index (χ0) is 29.0. The minimum atomic E-state index is -0.240. The predicted molar refractivity (Wildman–Crippen MR) is 171 cm³/mol. The zero-order valence-electron chi connectivity index (χ0n) is 24.1. The third kappa shape index (κ3) is 6.32. The molecular formula is C32H36IN3O4. The molecule has 4 aromatic rings. The molecule has 0 saturated heterocycles. The molecule has 4 rings (SSSR count). The number of nitrogens with zero attached hydrogens (tertiary/aromatic N) is 3. The van der Waals surface area contributed by atoms with Gasteiger partial charge in [0.15, 0.2) is 17.3 Å². The van der Waals surface area contributed by atoms with E-state index in [-0.39, 0.29) is 17.6 Å². The zero-order valence-corrected chi connectivity index (χ0v) is 26.3. The Labute approximate surface area is 249 Å². The first-order valence-corrected chi connectivity index (χ1v) is 14.7. The van der Waals surface area contributed by atoms with Crippen LogP contribution in [0, 0.1) is 10.5 Å². The van der Waals surface area contributed by atoms with Gasteiger partial charge in [0.1, 0.15) is 5.75 Å². The van der Waals surface area contributed by atoms with Crippen molar-refractivity contribution < 1.29 is 14.2 Å². The van der Waals surface area contributed by atoms with Crippen LogP contribution in [0.4, 0.5) is 0 Å². The second-order valence-corrected chi connectivity index (χ2v) is 11.2. The summed E-state index contributed by atoms with van der Waals surface area (Å²) in [5.41, 5.74) is 3.99. The summed E-state index contributed by atoms with van der Waals surface area (Å²) in [7, 11) is 0. The molecule has 0 unspecified atom stereocenters. The SMILES string of the molecule is CCOc1cc(C)c(-c2nc3ccccc3c(=O)n2N=Cc2cc(I)c(OC(C)C)c(OCC)c2)cc1C(C)C. The van der Waals surface area contributed by atoms with E-state index in [0.29, 0.717) is 41.4 Å². The number of para-hydroxylation sites is 1. The minimum Gasteiger partial charge on any atom is -0.494 e. The first-order valence-electron chi connectivity index (χ1n) is 13.6. The van der Waals surface area contributed by atoms with Crippen molar-refractivity contribution in [3.05, 3.63) is 79.1 Å². The van der Waals surface area contributed by atoms with Crippen molar-refractivity contribution in [3.63, 3.8) is 0 Å². The third-order valence-corrected chi connectivity index (χ3v) is 7.08. The van der Waals surface area contributed by atoms with Gasteiger partial charge in [-0.25, -0.2) is 4.98 Å². The maximum absolute atomic E-state index is 13.8. The highest BCUT2D eigenvalue weighted by atomic mass is 127. The van der Waals surface area contributed by atoms with Crippen molar-refractivity contribution in [3.8, 4) is 28.6 Å². The van der Waals surface area contributed by atoms with E-state index >= 15 is 0 Å². The second kappa shape index (κ2) is 12.8. The first kappa shape index (κ1) is 29.6. The van der Waals surface area contributed by atoms with Gasteiger partial charge in [0.25, 0.3) is 5.56 Å². The van der Waals surface area contributed by atoms with Crippen molar-refractivity contribution in [2.24, 2.45) is 5.10 Å². The maximum atomic E-state index is 13.8. The Morgan fingerprint density at radius 2 is 1.70 bits per heavy atom. The molecule has 0 aliphatic rings. The van der Waals surface area contributed by atoms with Gasteiger partial charge in [0.05, 0.1) is 40.0 Å². The van der Waals surface area contributed by atoms with Crippen LogP contribution in [-0.2, 0) is 0 Å². The Bertz CT molecular complexity index is 1610. The molecule has 0 radical (unpaired) electrons. The molecule has 210 valence electrons. The van der Waals surface area contributed by atoms with Gasteiger partial charge in [0, 0.05) is 5.56 Å². The number of hydrogen-bond acceptors (Lipinski definition) is 6. The number of fused-ring (bicyclic) bond motifs is 1. The van der Waals surface area contributed by atoms with E-state index in [1.807, 2.05) is 71.0 Å². The molecule has 0 bridgehead atoms. The van der Waals surface area contributed by atoms with Gasteiger partial charge >= 0.3 is 0 Å². The summed E-state index contributed by atoms with van der Waals surface area (Å²) in [6, 6.07) is 15.3. The van der Waals surface area contributed by atoms with Crippen molar-refractivity contribution in [1.29, 1.82) is 0 Å². The molecule has 7 nitrogen and oxygen atoms in total. The maximum Gasteiger partial charge on any atom is 0.282 e. The van der Waals surface area contributed by atoms with E-state index in [0.717, 1.165) is 31.6 Å². The fraction of sp³-hybridized carbons (Fsp3) is 0.344. The van der Waals surface area contributed by atoms with Crippen molar-refractivity contribution in [1.82, 2.24) is 9.66 Å². The van der Waals surface area contributed by atoms with Crippen LogP contribution in [0.15, 0.2) is 58.4 Å². The molecule has 3 aromatic carbocycles. The average Bonchev–Trinajstić information content (AvgIpc) is 2.90. The number of aryl methyl sites for hydroxylation is 1. The fourth-order valence-electron chi connectivity index (χ4n) is 4.48. The van der Waals surface area contributed by atoms with Crippen molar-refractivity contribution in [2.45, 2.75) is 60.5 Å². The second-order valence-electron chi connectivity index (χ2n) is 10.0. The van der Waals surface area contributed by atoms with Crippen LogP contribution in [0.3, 0.4) is 0 Å². The molecule has 0 fully saturated rings. The van der Waals surface area contributed by atoms with Gasteiger partial charge in [-0.1, -0.05) is 26.0 Å². The van der Waals surface area contributed by atoms with Crippen molar-refractivity contribution in [2.75, 3.05) is 13.2 Å². The number of rotatable bonds is 10. The predicted octanol–water partition coefficient (Wildman–Crippen LogP) is 7.57. The molecular weight excluding hydrogens is 617 g/mol. The summed E-state index contributed by atoms with van der Waals surface area (Å²) in [5, 5.41) is 5.20. The molecule has 40 heavy (non-hydrogen) atoms. The molecule has 1 heterocycles. The topological polar surface area (TPSA) is 74.9 Å². The lowest BCUT2D eigenvalue weighted by Crippen LogP contribution is -2.21. The fourth-order valence-corrected chi connectivity index (χ4v) is 5.23. The number of hydrogen-bond donors (Lipinski definition) is 0. The van der Waals surface area contributed by atoms with Crippen LogP contribution < -0.4 is 19.8 Å². The van der Waals surface area contributed by atoms with Crippen LogP contribution in [-0.4, -0.2) is 35.2 Å². The minimum absolute atomic E-state index is 0.00475. The van der Waals surface area contributed by atoms with Gasteiger partial charge in [-0.15, -0.1) is 0 Å². The Morgan fingerprint density at radius 1 is 1.00 bits per heavy atom. The molecule has 0 amide bonds. The Hall–Kier alpha value is -3.40. The standard InChI is InChI=1S/C32H36IN3O4/c1-8-38-28-14-21(7)25(17-24(28)19(3)4)31-35-27-13-11-10-12-23(27)32(37)36(31)34-18-22-15-26(33)30(40-20(5)6)29(16-22)39-9-2/h10-20H,8-9H2,1-7H3. The highest BCUT2D eigenvalue weighted by Gasteiger charge is 2.19. The summed E-state index contributed by atoms with van der Waals surface area (Å²) in [5.74, 6) is 2.87. The molecule has 0 spiro atoms. The monoisotopic (exact) mass is 653 g/mol. The lowest BCUT2D eigenvalue weighted by molar-refractivity contribution is 0.222.